The molecule has 0 saturated heterocycles. The predicted octanol–water partition coefficient (Wildman–Crippen LogP) is 3.54. The Bertz CT molecular complexity index is 573. The molecular formula is C15H18BrN3O. The van der Waals surface area contributed by atoms with Gasteiger partial charge in [-0.05, 0) is 30.5 Å². The van der Waals surface area contributed by atoms with E-state index in [4.69, 9.17) is 10.3 Å². The molecule has 1 fully saturated rings. The van der Waals surface area contributed by atoms with Gasteiger partial charge in [-0.1, -0.05) is 52.5 Å². The standard InChI is InChI=1S/C15H18BrN3O/c16-12-6-4-11(5-7-12)10-13-18-14(20-19-13)15(17)8-2-1-3-9-15/h4-7H,1-3,8-10,17H2. The van der Waals surface area contributed by atoms with Gasteiger partial charge in [0.15, 0.2) is 5.82 Å². The Morgan fingerprint density at radius 1 is 1.15 bits per heavy atom. The van der Waals surface area contributed by atoms with Gasteiger partial charge in [0.1, 0.15) is 0 Å². The highest BCUT2D eigenvalue weighted by molar-refractivity contribution is 9.10. The number of hydrogen-bond acceptors (Lipinski definition) is 4. The van der Waals surface area contributed by atoms with E-state index in [1.165, 1.54) is 6.42 Å². The maximum absolute atomic E-state index is 6.40. The number of benzene rings is 1. The third kappa shape index (κ3) is 2.94. The normalized spacial score (nSPS) is 18.1. The van der Waals surface area contributed by atoms with Crippen molar-refractivity contribution in [2.45, 2.75) is 44.1 Å². The molecule has 1 aliphatic carbocycles. The molecule has 1 saturated carbocycles. The van der Waals surface area contributed by atoms with Crippen LogP contribution < -0.4 is 5.73 Å². The minimum absolute atomic E-state index is 0.413. The lowest BCUT2D eigenvalue weighted by atomic mass is 9.82. The topological polar surface area (TPSA) is 64.9 Å². The summed E-state index contributed by atoms with van der Waals surface area (Å²) in [7, 11) is 0. The molecule has 0 radical (unpaired) electrons. The van der Waals surface area contributed by atoms with Crippen molar-refractivity contribution in [3.8, 4) is 0 Å². The first-order valence-corrected chi connectivity index (χ1v) is 7.81. The van der Waals surface area contributed by atoms with Crippen LogP contribution in [-0.2, 0) is 12.0 Å². The first kappa shape index (κ1) is 13.8. The van der Waals surface area contributed by atoms with Gasteiger partial charge in [-0.15, -0.1) is 0 Å². The molecule has 0 bridgehead atoms. The number of nitrogens with two attached hydrogens (primary N) is 1. The molecular weight excluding hydrogens is 318 g/mol. The van der Waals surface area contributed by atoms with E-state index in [2.05, 4.69) is 38.2 Å². The minimum atomic E-state index is -0.413. The van der Waals surface area contributed by atoms with Crippen LogP contribution in [0.4, 0.5) is 0 Å². The van der Waals surface area contributed by atoms with Crippen molar-refractivity contribution in [2.75, 3.05) is 0 Å². The fourth-order valence-corrected chi connectivity index (χ4v) is 2.97. The Morgan fingerprint density at radius 3 is 2.55 bits per heavy atom. The molecule has 1 aromatic heterocycles. The van der Waals surface area contributed by atoms with Gasteiger partial charge < -0.3 is 10.3 Å². The van der Waals surface area contributed by atoms with Crippen LogP contribution in [0.5, 0.6) is 0 Å². The zero-order valence-electron chi connectivity index (χ0n) is 11.3. The fraction of sp³-hybridized carbons (Fsp3) is 0.467. The van der Waals surface area contributed by atoms with Crippen LogP contribution in [0.1, 0.15) is 49.4 Å². The lowest BCUT2D eigenvalue weighted by molar-refractivity contribution is 0.219. The molecule has 0 spiro atoms. The number of halogens is 1. The smallest absolute Gasteiger partial charge is 0.246 e. The third-order valence-electron chi connectivity index (χ3n) is 3.92. The first-order valence-electron chi connectivity index (χ1n) is 7.02. The SMILES string of the molecule is NC1(c2nc(Cc3ccc(Br)cc3)no2)CCCCC1. The molecule has 2 N–H and O–H groups in total. The Labute approximate surface area is 126 Å². The summed E-state index contributed by atoms with van der Waals surface area (Å²) in [6, 6.07) is 8.14. The quantitative estimate of drug-likeness (QED) is 0.931. The second kappa shape index (κ2) is 5.66. The summed E-state index contributed by atoms with van der Waals surface area (Å²) < 4.78 is 6.48. The maximum Gasteiger partial charge on any atom is 0.246 e. The maximum atomic E-state index is 6.40. The molecule has 20 heavy (non-hydrogen) atoms. The number of nitrogens with zero attached hydrogens (tertiary/aromatic N) is 2. The van der Waals surface area contributed by atoms with Gasteiger partial charge in [-0.25, -0.2) is 0 Å². The van der Waals surface area contributed by atoms with E-state index in [1.54, 1.807) is 0 Å². The predicted molar refractivity (Wildman–Crippen MR) is 80.2 cm³/mol. The van der Waals surface area contributed by atoms with Crippen LogP contribution >= 0.6 is 15.9 Å². The summed E-state index contributed by atoms with van der Waals surface area (Å²) in [6.07, 6.45) is 6.08. The Hall–Kier alpha value is -1.20. The lowest BCUT2D eigenvalue weighted by Crippen LogP contribution is -2.39. The molecule has 4 nitrogen and oxygen atoms in total. The number of rotatable bonds is 3. The van der Waals surface area contributed by atoms with Crippen molar-refractivity contribution in [3.63, 3.8) is 0 Å². The van der Waals surface area contributed by atoms with Crippen LogP contribution in [0.25, 0.3) is 0 Å². The summed E-state index contributed by atoms with van der Waals surface area (Å²) in [5, 5.41) is 4.08. The molecule has 3 rings (SSSR count). The van der Waals surface area contributed by atoms with E-state index in [0.717, 1.165) is 35.7 Å². The van der Waals surface area contributed by atoms with Crippen molar-refractivity contribution in [1.82, 2.24) is 10.1 Å². The van der Waals surface area contributed by atoms with Gasteiger partial charge in [-0.2, -0.15) is 4.98 Å². The Balaban J connectivity index is 1.74. The molecule has 0 atom stereocenters. The molecule has 106 valence electrons. The monoisotopic (exact) mass is 335 g/mol. The van der Waals surface area contributed by atoms with Gasteiger partial charge >= 0.3 is 0 Å². The minimum Gasteiger partial charge on any atom is -0.337 e. The molecule has 5 heteroatoms. The molecule has 0 amide bonds. The molecule has 0 aliphatic heterocycles. The number of hydrogen-bond donors (Lipinski definition) is 1. The van der Waals surface area contributed by atoms with Crippen molar-refractivity contribution in [2.24, 2.45) is 5.73 Å². The third-order valence-corrected chi connectivity index (χ3v) is 4.44. The lowest BCUT2D eigenvalue weighted by Gasteiger charge is -2.29. The summed E-state index contributed by atoms with van der Waals surface area (Å²) >= 11 is 3.43. The average Bonchev–Trinajstić information content (AvgIpc) is 2.92. The van der Waals surface area contributed by atoms with Crippen molar-refractivity contribution in [1.29, 1.82) is 0 Å². The Morgan fingerprint density at radius 2 is 1.85 bits per heavy atom. The van der Waals surface area contributed by atoms with Crippen LogP contribution in [0, 0.1) is 0 Å². The van der Waals surface area contributed by atoms with Gasteiger partial charge in [0, 0.05) is 10.9 Å². The second-order valence-corrected chi connectivity index (χ2v) is 6.45. The van der Waals surface area contributed by atoms with Crippen molar-refractivity contribution in [3.05, 3.63) is 46.0 Å². The van der Waals surface area contributed by atoms with E-state index in [0.29, 0.717) is 18.1 Å². The number of aromatic nitrogens is 2. The van der Waals surface area contributed by atoms with E-state index in [9.17, 15) is 0 Å². The first-order chi connectivity index (χ1) is 9.66. The zero-order valence-corrected chi connectivity index (χ0v) is 12.9. The van der Waals surface area contributed by atoms with Crippen LogP contribution in [0.3, 0.4) is 0 Å². The van der Waals surface area contributed by atoms with Gasteiger partial charge in [0.05, 0.1) is 5.54 Å². The molecule has 2 aromatic rings. The van der Waals surface area contributed by atoms with Gasteiger partial charge in [0.25, 0.3) is 0 Å². The van der Waals surface area contributed by atoms with E-state index in [1.807, 2.05) is 12.1 Å². The Kier molecular flexibility index (Phi) is 3.89. The summed E-state index contributed by atoms with van der Waals surface area (Å²) in [4.78, 5) is 4.51. The largest absolute Gasteiger partial charge is 0.337 e. The van der Waals surface area contributed by atoms with Crippen LogP contribution in [0.2, 0.25) is 0 Å². The molecule has 0 unspecified atom stereocenters. The highest BCUT2D eigenvalue weighted by Gasteiger charge is 2.35. The van der Waals surface area contributed by atoms with Gasteiger partial charge in [-0.3, -0.25) is 0 Å². The van der Waals surface area contributed by atoms with Crippen LogP contribution in [0.15, 0.2) is 33.3 Å². The molecule has 1 aromatic carbocycles. The molecule has 1 heterocycles. The van der Waals surface area contributed by atoms with Gasteiger partial charge in [0.2, 0.25) is 5.89 Å². The average molecular weight is 336 g/mol. The van der Waals surface area contributed by atoms with E-state index in [-0.39, 0.29) is 0 Å². The second-order valence-electron chi connectivity index (χ2n) is 5.54. The van der Waals surface area contributed by atoms with Crippen molar-refractivity contribution < 1.29 is 4.52 Å². The summed E-state index contributed by atoms with van der Waals surface area (Å²) in [5.41, 5.74) is 7.15. The molecule has 1 aliphatic rings. The van der Waals surface area contributed by atoms with E-state index >= 15 is 0 Å². The van der Waals surface area contributed by atoms with E-state index < -0.39 is 5.54 Å². The highest BCUT2D eigenvalue weighted by Crippen LogP contribution is 2.33. The van der Waals surface area contributed by atoms with Crippen LogP contribution in [-0.4, -0.2) is 10.1 Å². The summed E-state index contributed by atoms with van der Waals surface area (Å²) in [6.45, 7) is 0. The fourth-order valence-electron chi connectivity index (χ4n) is 2.71. The van der Waals surface area contributed by atoms with Crippen molar-refractivity contribution >= 4 is 15.9 Å². The summed E-state index contributed by atoms with van der Waals surface area (Å²) in [5.74, 6) is 1.31. The zero-order chi connectivity index (χ0) is 14.0. The highest BCUT2D eigenvalue weighted by atomic mass is 79.9.